The Morgan fingerprint density at radius 3 is 2.29 bits per heavy atom. The summed E-state index contributed by atoms with van der Waals surface area (Å²) < 4.78 is 0. The van der Waals surface area contributed by atoms with Gasteiger partial charge < -0.3 is 16.0 Å². The molecule has 0 spiro atoms. The zero-order chi connectivity index (χ0) is 17.5. The first-order valence-corrected chi connectivity index (χ1v) is 8.05. The van der Waals surface area contributed by atoms with Gasteiger partial charge in [-0.2, -0.15) is 0 Å². The van der Waals surface area contributed by atoms with E-state index in [1.807, 2.05) is 25.1 Å². The average molecular weight is 346 g/mol. The number of halogens is 1. The molecule has 0 saturated heterocycles. The van der Waals surface area contributed by atoms with Gasteiger partial charge >= 0.3 is 0 Å². The number of hydrogen-bond acceptors (Lipinski definition) is 3. The normalized spacial score (nSPS) is 10.1. The summed E-state index contributed by atoms with van der Waals surface area (Å²) in [5, 5.41) is 9.28. The Labute approximate surface area is 146 Å². The molecule has 2 aromatic rings. The van der Waals surface area contributed by atoms with Crippen LogP contribution in [0.15, 0.2) is 42.5 Å². The SMILES string of the molecule is CCC(=O)Nc1cc(NCC(=O)Nc2ccc(Cl)cc2)ccc1C. The van der Waals surface area contributed by atoms with Crippen LogP contribution in [0.4, 0.5) is 17.1 Å². The maximum absolute atomic E-state index is 12.0. The smallest absolute Gasteiger partial charge is 0.243 e. The zero-order valence-corrected chi connectivity index (χ0v) is 14.4. The minimum atomic E-state index is -0.169. The van der Waals surface area contributed by atoms with Gasteiger partial charge in [-0.1, -0.05) is 24.6 Å². The molecular formula is C18H20ClN3O2. The molecule has 126 valence electrons. The average Bonchev–Trinajstić information content (AvgIpc) is 2.57. The minimum absolute atomic E-state index is 0.0456. The van der Waals surface area contributed by atoms with Gasteiger partial charge in [0.15, 0.2) is 0 Å². The predicted molar refractivity (Wildman–Crippen MR) is 98.7 cm³/mol. The van der Waals surface area contributed by atoms with Crippen LogP contribution in [-0.2, 0) is 9.59 Å². The van der Waals surface area contributed by atoms with E-state index < -0.39 is 0 Å². The van der Waals surface area contributed by atoms with Gasteiger partial charge in [0.1, 0.15) is 0 Å². The lowest BCUT2D eigenvalue weighted by Crippen LogP contribution is -2.21. The molecule has 0 aromatic heterocycles. The second-order valence-electron chi connectivity index (χ2n) is 5.34. The van der Waals surface area contributed by atoms with Crippen LogP contribution in [0.1, 0.15) is 18.9 Å². The van der Waals surface area contributed by atoms with Gasteiger partial charge in [-0.05, 0) is 48.9 Å². The van der Waals surface area contributed by atoms with Crippen molar-refractivity contribution in [2.24, 2.45) is 0 Å². The molecule has 2 amide bonds. The van der Waals surface area contributed by atoms with Crippen molar-refractivity contribution < 1.29 is 9.59 Å². The first kappa shape index (κ1) is 17.8. The fourth-order valence-corrected chi connectivity index (χ4v) is 2.15. The van der Waals surface area contributed by atoms with E-state index in [2.05, 4.69) is 16.0 Å². The zero-order valence-electron chi connectivity index (χ0n) is 13.7. The van der Waals surface area contributed by atoms with Crippen molar-refractivity contribution in [3.8, 4) is 0 Å². The summed E-state index contributed by atoms with van der Waals surface area (Å²) in [5.41, 5.74) is 3.15. The fourth-order valence-electron chi connectivity index (χ4n) is 2.03. The van der Waals surface area contributed by atoms with Gasteiger partial charge in [-0.3, -0.25) is 9.59 Å². The third-order valence-corrected chi connectivity index (χ3v) is 3.67. The van der Waals surface area contributed by atoms with Crippen molar-refractivity contribution >= 4 is 40.5 Å². The van der Waals surface area contributed by atoms with E-state index in [9.17, 15) is 9.59 Å². The number of rotatable bonds is 6. The quantitative estimate of drug-likeness (QED) is 0.739. The van der Waals surface area contributed by atoms with E-state index in [0.717, 1.165) is 16.9 Å². The van der Waals surface area contributed by atoms with Gasteiger partial charge in [-0.15, -0.1) is 0 Å². The second kappa shape index (κ2) is 8.36. The number of carbonyl (C=O) groups excluding carboxylic acids is 2. The maximum atomic E-state index is 12.0. The van der Waals surface area contributed by atoms with Crippen molar-refractivity contribution in [2.45, 2.75) is 20.3 Å². The summed E-state index contributed by atoms with van der Waals surface area (Å²) in [7, 11) is 0. The van der Waals surface area contributed by atoms with Gasteiger partial charge in [0.25, 0.3) is 0 Å². The molecule has 0 bridgehead atoms. The van der Waals surface area contributed by atoms with Crippen LogP contribution in [-0.4, -0.2) is 18.4 Å². The summed E-state index contributed by atoms with van der Waals surface area (Å²) in [4.78, 5) is 23.5. The van der Waals surface area contributed by atoms with E-state index >= 15 is 0 Å². The minimum Gasteiger partial charge on any atom is -0.376 e. The highest BCUT2D eigenvalue weighted by Crippen LogP contribution is 2.20. The van der Waals surface area contributed by atoms with Crippen LogP contribution in [0.3, 0.4) is 0 Å². The van der Waals surface area contributed by atoms with Crippen LogP contribution in [0.5, 0.6) is 0 Å². The van der Waals surface area contributed by atoms with E-state index in [1.165, 1.54) is 0 Å². The highest BCUT2D eigenvalue weighted by atomic mass is 35.5. The number of nitrogens with one attached hydrogen (secondary N) is 3. The van der Waals surface area contributed by atoms with Crippen molar-refractivity contribution in [3.63, 3.8) is 0 Å². The van der Waals surface area contributed by atoms with Gasteiger partial charge in [-0.25, -0.2) is 0 Å². The largest absolute Gasteiger partial charge is 0.376 e. The van der Waals surface area contributed by atoms with Crippen LogP contribution in [0.25, 0.3) is 0 Å². The number of benzene rings is 2. The van der Waals surface area contributed by atoms with E-state index in [4.69, 9.17) is 11.6 Å². The van der Waals surface area contributed by atoms with Gasteiger partial charge in [0, 0.05) is 28.5 Å². The third-order valence-electron chi connectivity index (χ3n) is 3.41. The molecule has 6 heteroatoms. The Morgan fingerprint density at radius 1 is 0.958 bits per heavy atom. The molecule has 0 atom stereocenters. The topological polar surface area (TPSA) is 70.2 Å². The monoisotopic (exact) mass is 345 g/mol. The summed E-state index contributed by atoms with van der Waals surface area (Å²) in [5.74, 6) is -0.215. The fraction of sp³-hybridized carbons (Fsp3) is 0.222. The summed E-state index contributed by atoms with van der Waals surface area (Å²) in [6.07, 6.45) is 0.417. The Kier molecular flexibility index (Phi) is 6.21. The number of amides is 2. The van der Waals surface area contributed by atoms with Crippen molar-refractivity contribution in [1.29, 1.82) is 0 Å². The van der Waals surface area contributed by atoms with E-state index in [-0.39, 0.29) is 18.4 Å². The van der Waals surface area contributed by atoms with Gasteiger partial charge in [0.05, 0.1) is 6.54 Å². The highest BCUT2D eigenvalue weighted by Gasteiger charge is 2.06. The first-order chi connectivity index (χ1) is 11.5. The Bertz CT molecular complexity index is 730. The molecule has 0 heterocycles. The Balaban J connectivity index is 1.93. The lowest BCUT2D eigenvalue weighted by molar-refractivity contribution is -0.116. The molecular weight excluding hydrogens is 326 g/mol. The third kappa shape index (κ3) is 5.28. The molecule has 0 aliphatic rings. The number of aryl methyl sites for hydroxylation is 1. The summed E-state index contributed by atoms with van der Waals surface area (Å²) >= 11 is 5.81. The van der Waals surface area contributed by atoms with Crippen LogP contribution in [0, 0.1) is 6.92 Å². The molecule has 0 saturated carbocycles. The predicted octanol–water partition coefficient (Wildman–Crippen LogP) is 4.05. The van der Waals surface area contributed by atoms with Crippen LogP contribution in [0.2, 0.25) is 5.02 Å². The molecule has 5 nitrogen and oxygen atoms in total. The lowest BCUT2D eigenvalue weighted by Gasteiger charge is -2.12. The number of anilines is 3. The lowest BCUT2D eigenvalue weighted by atomic mass is 10.1. The molecule has 2 aromatic carbocycles. The number of carbonyl (C=O) groups is 2. The standard InChI is InChI=1S/C18H20ClN3O2/c1-3-17(23)22-16-10-15(7-4-12(16)2)20-11-18(24)21-14-8-5-13(19)6-9-14/h4-10,20H,3,11H2,1-2H3,(H,21,24)(H,22,23). The van der Waals surface area contributed by atoms with Crippen LogP contribution < -0.4 is 16.0 Å². The van der Waals surface area contributed by atoms with Crippen molar-refractivity contribution in [1.82, 2.24) is 0 Å². The first-order valence-electron chi connectivity index (χ1n) is 7.67. The molecule has 0 fully saturated rings. The maximum Gasteiger partial charge on any atom is 0.243 e. The molecule has 0 radical (unpaired) electrons. The molecule has 0 aliphatic heterocycles. The molecule has 24 heavy (non-hydrogen) atoms. The van der Waals surface area contributed by atoms with Crippen molar-refractivity contribution in [2.75, 3.05) is 22.5 Å². The van der Waals surface area contributed by atoms with Gasteiger partial charge in [0.2, 0.25) is 11.8 Å². The second-order valence-corrected chi connectivity index (χ2v) is 5.78. The van der Waals surface area contributed by atoms with Crippen LogP contribution >= 0.6 is 11.6 Å². The Morgan fingerprint density at radius 2 is 1.62 bits per heavy atom. The van der Waals surface area contributed by atoms with E-state index in [1.54, 1.807) is 31.2 Å². The molecule has 0 aliphatic carbocycles. The summed E-state index contributed by atoms with van der Waals surface area (Å²) in [6, 6.07) is 12.5. The number of hydrogen-bond donors (Lipinski definition) is 3. The molecule has 0 unspecified atom stereocenters. The summed E-state index contributed by atoms with van der Waals surface area (Å²) in [6.45, 7) is 3.84. The van der Waals surface area contributed by atoms with Crippen molar-refractivity contribution in [3.05, 3.63) is 53.1 Å². The molecule has 3 N–H and O–H groups in total. The molecule has 2 rings (SSSR count). The Hall–Kier alpha value is -2.53. The highest BCUT2D eigenvalue weighted by molar-refractivity contribution is 6.30. The van der Waals surface area contributed by atoms with E-state index in [0.29, 0.717) is 17.1 Å².